The Morgan fingerprint density at radius 2 is 2.64 bits per heavy atom. The number of nitrogens with one attached hydrogen (secondary N) is 1. The number of aliphatic hydroxyl groups is 1. The number of likely N-dealkylation sites (N-methyl/N-ethyl adjacent to an activating group) is 1. The largest absolute Gasteiger partial charge is 0.385 e. The van der Waals surface area contributed by atoms with Gasteiger partial charge in [0.25, 0.3) is 0 Å². The molecule has 0 aliphatic carbocycles. The summed E-state index contributed by atoms with van der Waals surface area (Å²) in [7, 11) is 0. The van der Waals surface area contributed by atoms with Gasteiger partial charge in [0.1, 0.15) is 11.8 Å². The van der Waals surface area contributed by atoms with Crippen LogP contribution < -0.4 is 5.32 Å². The van der Waals surface area contributed by atoms with E-state index in [0.29, 0.717) is 12.2 Å². The first-order chi connectivity index (χ1) is 5.34. The number of hydrogen-bond acceptors (Lipinski definition) is 5. The van der Waals surface area contributed by atoms with E-state index in [1.54, 1.807) is 0 Å². The summed E-state index contributed by atoms with van der Waals surface area (Å²) < 4.78 is 4.33. The van der Waals surface area contributed by atoms with E-state index in [0.717, 1.165) is 6.54 Å². The van der Waals surface area contributed by atoms with Crippen molar-refractivity contribution >= 4 is 0 Å². The maximum absolute atomic E-state index is 9.32. The molecule has 0 radical (unpaired) electrons. The smallest absolute Gasteiger partial charge is 0.134 e. The fourth-order valence-corrected chi connectivity index (χ4v) is 0.704. The molecule has 1 unspecified atom stereocenters. The Labute approximate surface area is 64.4 Å². The number of aromatic nitrogens is 2. The van der Waals surface area contributed by atoms with Crippen LogP contribution >= 0.6 is 0 Å². The quantitative estimate of drug-likeness (QED) is 0.628. The first-order valence-corrected chi connectivity index (χ1v) is 3.50. The highest BCUT2D eigenvalue weighted by Crippen LogP contribution is 2.05. The zero-order valence-electron chi connectivity index (χ0n) is 6.32. The second kappa shape index (κ2) is 4.05. The van der Waals surface area contributed by atoms with Gasteiger partial charge < -0.3 is 10.4 Å². The Hall–Kier alpha value is -0.940. The first-order valence-electron chi connectivity index (χ1n) is 3.50. The summed E-state index contributed by atoms with van der Waals surface area (Å²) in [5.41, 5.74) is 0.464. The lowest BCUT2D eigenvalue weighted by atomic mass is 10.3. The molecule has 2 N–H and O–H groups in total. The van der Waals surface area contributed by atoms with Crippen LogP contribution in [0.15, 0.2) is 10.8 Å². The molecule has 0 aliphatic heterocycles. The maximum Gasteiger partial charge on any atom is 0.134 e. The van der Waals surface area contributed by atoms with Gasteiger partial charge in [0.15, 0.2) is 0 Å². The molecule has 0 saturated heterocycles. The lowest BCUT2D eigenvalue weighted by Crippen LogP contribution is -2.20. The van der Waals surface area contributed by atoms with E-state index in [9.17, 15) is 5.11 Å². The van der Waals surface area contributed by atoms with Crippen molar-refractivity contribution in [3.05, 3.63) is 11.9 Å². The van der Waals surface area contributed by atoms with Gasteiger partial charge in [0.05, 0.1) is 6.20 Å². The SMILES string of the molecule is CCNCC(O)c1cnon1. The molecule has 0 saturated carbocycles. The average Bonchev–Trinajstić information content (AvgIpc) is 2.52. The van der Waals surface area contributed by atoms with Crippen molar-refractivity contribution in [2.45, 2.75) is 13.0 Å². The normalized spacial score (nSPS) is 13.3. The van der Waals surface area contributed by atoms with E-state index >= 15 is 0 Å². The van der Waals surface area contributed by atoms with Gasteiger partial charge in [-0.25, -0.2) is 4.63 Å². The molecule has 0 amide bonds. The van der Waals surface area contributed by atoms with Crippen LogP contribution in [-0.4, -0.2) is 28.5 Å². The highest BCUT2D eigenvalue weighted by Gasteiger charge is 2.09. The van der Waals surface area contributed by atoms with E-state index in [1.807, 2.05) is 6.92 Å². The van der Waals surface area contributed by atoms with Gasteiger partial charge in [-0.15, -0.1) is 0 Å². The van der Waals surface area contributed by atoms with Crippen molar-refractivity contribution in [1.82, 2.24) is 15.6 Å². The molecule has 1 heterocycles. The molecular formula is C6H11N3O2. The highest BCUT2D eigenvalue weighted by molar-refractivity contribution is 4.95. The van der Waals surface area contributed by atoms with Crippen molar-refractivity contribution in [2.24, 2.45) is 0 Å². The number of hydrogen-bond donors (Lipinski definition) is 2. The van der Waals surface area contributed by atoms with Crippen LogP contribution in [0.5, 0.6) is 0 Å². The fraction of sp³-hybridized carbons (Fsp3) is 0.667. The molecule has 0 bridgehead atoms. The van der Waals surface area contributed by atoms with Crippen molar-refractivity contribution < 1.29 is 9.74 Å². The van der Waals surface area contributed by atoms with Gasteiger partial charge >= 0.3 is 0 Å². The van der Waals surface area contributed by atoms with Crippen LogP contribution in [-0.2, 0) is 0 Å². The zero-order chi connectivity index (χ0) is 8.10. The third-order valence-electron chi connectivity index (χ3n) is 1.31. The number of rotatable bonds is 4. The summed E-state index contributed by atoms with van der Waals surface area (Å²) >= 11 is 0. The van der Waals surface area contributed by atoms with Gasteiger partial charge in [-0.1, -0.05) is 17.2 Å². The predicted octanol–water partition coefficient (Wildman–Crippen LogP) is -0.288. The molecule has 0 aromatic carbocycles. The third-order valence-corrected chi connectivity index (χ3v) is 1.31. The van der Waals surface area contributed by atoms with Gasteiger partial charge in [-0.2, -0.15) is 0 Å². The van der Waals surface area contributed by atoms with Crippen LogP contribution in [0.25, 0.3) is 0 Å². The summed E-state index contributed by atoms with van der Waals surface area (Å²) in [5, 5.41) is 19.2. The Kier molecular flexibility index (Phi) is 3.00. The molecule has 1 atom stereocenters. The van der Waals surface area contributed by atoms with Crippen molar-refractivity contribution in [3.63, 3.8) is 0 Å². The first kappa shape index (κ1) is 8.16. The topological polar surface area (TPSA) is 71.2 Å². The molecule has 0 spiro atoms. The van der Waals surface area contributed by atoms with Crippen LogP contribution in [0.2, 0.25) is 0 Å². The van der Waals surface area contributed by atoms with E-state index < -0.39 is 6.10 Å². The Bertz CT molecular complexity index is 188. The van der Waals surface area contributed by atoms with E-state index in [1.165, 1.54) is 6.20 Å². The predicted molar refractivity (Wildman–Crippen MR) is 37.8 cm³/mol. The van der Waals surface area contributed by atoms with Gasteiger partial charge in [0, 0.05) is 6.54 Å². The summed E-state index contributed by atoms with van der Waals surface area (Å²) in [6.07, 6.45) is 0.781. The Balaban J connectivity index is 2.36. The molecule has 62 valence electrons. The van der Waals surface area contributed by atoms with Gasteiger partial charge in [0.2, 0.25) is 0 Å². The maximum atomic E-state index is 9.32. The second-order valence-corrected chi connectivity index (χ2v) is 2.16. The monoisotopic (exact) mass is 157 g/mol. The number of aliphatic hydroxyl groups excluding tert-OH is 1. The molecule has 1 rings (SSSR count). The minimum absolute atomic E-state index is 0.464. The third kappa shape index (κ3) is 2.28. The van der Waals surface area contributed by atoms with Crippen molar-refractivity contribution in [1.29, 1.82) is 0 Å². The highest BCUT2D eigenvalue weighted by atomic mass is 16.6. The Morgan fingerprint density at radius 3 is 3.18 bits per heavy atom. The van der Waals surface area contributed by atoms with E-state index in [4.69, 9.17) is 0 Å². The Morgan fingerprint density at radius 1 is 1.82 bits per heavy atom. The average molecular weight is 157 g/mol. The van der Waals surface area contributed by atoms with Crippen LogP contribution in [0.1, 0.15) is 18.7 Å². The van der Waals surface area contributed by atoms with E-state index in [-0.39, 0.29) is 0 Å². The molecule has 5 nitrogen and oxygen atoms in total. The van der Waals surface area contributed by atoms with Gasteiger partial charge in [-0.3, -0.25) is 0 Å². The summed E-state index contributed by atoms with van der Waals surface area (Å²) in [4.78, 5) is 0. The lowest BCUT2D eigenvalue weighted by molar-refractivity contribution is 0.163. The summed E-state index contributed by atoms with van der Waals surface area (Å²) in [5.74, 6) is 0. The molecule has 5 heteroatoms. The van der Waals surface area contributed by atoms with Crippen LogP contribution in [0, 0.1) is 0 Å². The molecular weight excluding hydrogens is 146 g/mol. The van der Waals surface area contributed by atoms with Crippen LogP contribution in [0.4, 0.5) is 0 Å². The molecule has 1 aromatic rings. The van der Waals surface area contributed by atoms with Crippen LogP contribution in [0.3, 0.4) is 0 Å². The van der Waals surface area contributed by atoms with E-state index in [2.05, 4.69) is 20.3 Å². The minimum atomic E-state index is -0.624. The number of nitrogens with zero attached hydrogens (tertiary/aromatic N) is 2. The summed E-state index contributed by atoms with van der Waals surface area (Å²) in [6.45, 7) is 3.26. The summed E-state index contributed by atoms with van der Waals surface area (Å²) in [6, 6.07) is 0. The van der Waals surface area contributed by atoms with Crippen molar-refractivity contribution in [3.8, 4) is 0 Å². The van der Waals surface area contributed by atoms with Crippen molar-refractivity contribution in [2.75, 3.05) is 13.1 Å². The zero-order valence-corrected chi connectivity index (χ0v) is 6.32. The minimum Gasteiger partial charge on any atom is -0.385 e. The van der Waals surface area contributed by atoms with Gasteiger partial charge in [-0.05, 0) is 6.54 Å². The fourth-order valence-electron chi connectivity index (χ4n) is 0.704. The lowest BCUT2D eigenvalue weighted by Gasteiger charge is -2.05. The molecule has 11 heavy (non-hydrogen) atoms. The molecule has 0 aliphatic rings. The molecule has 0 fully saturated rings. The molecule has 1 aromatic heterocycles. The standard InChI is InChI=1S/C6H11N3O2/c1-2-7-4-6(10)5-3-8-11-9-5/h3,6-7,10H,2,4H2,1H3. The second-order valence-electron chi connectivity index (χ2n) is 2.16.